The summed E-state index contributed by atoms with van der Waals surface area (Å²) in [6.07, 6.45) is 4.93. The van der Waals surface area contributed by atoms with Crippen LogP contribution in [0, 0.1) is 0 Å². The van der Waals surface area contributed by atoms with Gasteiger partial charge in [-0.2, -0.15) is 0 Å². The molecule has 7 nitrogen and oxygen atoms in total. The lowest BCUT2D eigenvalue weighted by Gasteiger charge is -2.22. The molecule has 1 aromatic rings. The number of carbonyl (C=O) groups is 2. The third kappa shape index (κ3) is 4.24. The lowest BCUT2D eigenvalue weighted by molar-refractivity contribution is -0.122. The zero-order chi connectivity index (χ0) is 19.6. The Hall–Kier alpha value is -2.15. The SMILES string of the molecule is COc1nc2c(cc1CNC(=O)C[C@H](C)N(C)C)C(=O)N(C1CCCC1)C2. The Morgan fingerprint density at radius 1 is 1.41 bits per heavy atom. The van der Waals surface area contributed by atoms with Crippen LogP contribution in [-0.4, -0.2) is 59.9 Å². The molecule has 0 bridgehead atoms. The maximum absolute atomic E-state index is 12.8. The summed E-state index contributed by atoms with van der Waals surface area (Å²) < 4.78 is 5.42. The van der Waals surface area contributed by atoms with Gasteiger partial charge in [-0.25, -0.2) is 4.98 Å². The number of ether oxygens (including phenoxy) is 1. The molecule has 1 atom stereocenters. The van der Waals surface area contributed by atoms with Crippen LogP contribution in [0.5, 0.6) is 5.88 Å². The first-order chi connectivity index (χ1) is 12.9. The van der Waals surface area contributed by atoms with Gasteiger partial charge in [-0.3, -0.25) is 9.59 Å². The van der Waals surface area contributed by atoms with Gasteiger partial charge in [0.15, 0.2) is 0 Å². The fourth-order valence-electron chi connectivity index (χ4n) is 3.80. The number of nitrogens with zero attached hydrogens (tertiary/aromatic N) is 3. The normalized spacial score (nSPS) is 18.1. The summed E-state index contributed by atoms with van der Waals surface area (Å²) in [5.41, 5.74) is 2.16. The number of rotatable bonds is 7. The number of pyridine rings is 1. The molecule has 1 aliphatic carbocycles. The number of nitrogens with one attached hydrogen (secondary N) is 1. The molecule has 148 valence electrons. The summed E-state index contributed by atoms with van der Waals surface area (Å²) in [7, 11) is 5.47. The molecule has 2 aliphatic rings. The van der Waals surface area contributed by atoms with Gasteiger partial charge in [0.1, 0.15) is 0 Å². The van der Waals surface area contributed by atoms with Gasteiger partial charge in [-0.15, -0.1) is 0 Å². The third-order valence-electron chi connectivity index (χ3n) is 5.75. The van der Waals surface area contributed by atoms with Crippen LogP contribution in [0.25, 0.3) is 0 Å². The Morgan fingerprint density at radius 2 is 2.11 bits per heavy atom. The first-order valence-electron chi connectivity index (χ1n) is 9.71. The van der Waals surface area contributed by atoms with Crippen LogP contribution in [0.3, 0.4) is 0 Å². The number of fused-ring (bicyclic) bond motifs is 1. The third-order valence-corrected chi connectivity index (χ3v) is 5.75. The first-order valence-corrected chi connectivity index (χ1v) is 9.71. The molecule has 1 saturated carbocycles. The van der Waals surface area contributed by atoms with E-state index in [0.717, 1.165) is 24.1 Å². The van der Waals surface area contributed by atoms with Crippen molar-refractivity contribution in [2.45, 2.75) is 64.2 Å². The van der Waals surface area contributed by atoms with Crippen LogP contribution in [0.1, 0.15) is 60.6 Å². The molecule has 7 heteroatoms. The van der Waals surface area contributed by atoms with E-state index in [4.69, 9.17) is 4.74 Å². The molecule has 0 unspecified atom stereocenters. The average Bonchev–Trinajstić information content (AvgIpc) is 3.27. The van der Waals surface area contributed by atoms with Crippen molar-refractivity contribution in [1.29, 1.82) is 0 Å². The maximum atomic E-state index is 12.8. The van der Waals surface area contributed by atoms with Crippen LogP contribution in [0.2, 0.25) is 0 Å². The minimum Gasteiger partial charge on any atom is -0.481 e. The minimum atomic E-state index is -0.0299. The van der Waals surface area contributed by atoms with Gasteiger partial charge in [0, 0.05) is 30.6 Å². The second-order valence-electron chi connectivity index (χ2n) is 7.82. The van der Waals surface area contributed by atoms with Gasteiger partial charge in [-0.05, 0) is 39.9 Å². The van der Waals surface area contributed by atoms with Crippen molar-refractivity contribution in [1.82, 2.24) is 20.1 Å². The molecule has 0 radical (unpaired) electrons. The smallest absolute Gasteiger partial charge is 0.256 e. The monoisotopic (exact) mass is 374 g/mol. The molecule has 1 aliphatic heterocycles. The summed E-state index contributed by atoms with van der Waals surface area (Å²) in [6, 6.07) is 2.33. The molecule has 0 spiro atoms. The van der Waals surface area contributed by atoms with E-state index in [-0.39, 0.29) is 17.9 Å². The molecule has 3 rings (SSSR count). The Labute approximate surface area is 161 Å². The number of carbonyl (C=O) groups excluding carboxylic acids is 2. The Kier molecular flexibility index (Phi) is 5.99. The number of methoxy groups -OCH3 is 1. The molecular formula is C20H30N4O3. The van der Waals surface area contributed by atoms with Gasteiger partial charge in [0.25, 0.3) is 5.91 Å². The van der Waals surface area contributed by atoms with Gasteiger partial charge >= 0.3 is 0 Å². The number of amides is 2. The fourth-order valence-corrected chi connectivity index (χ4v) is 3.80. The summed E-state index contributed by atoms with van der Waals surface area (Å²) in [5, 5.41) is 2.92. The van der Waals surface area contributed by atoms with Crippen molar-refractivity contribution in [3.63, 3.8) is 0 Å². The van der Waals surface area contributed by atoms with Gasteiger partial charge in [0.05, 0.1) is 24.9 Å². The molecular weight excluding hydrogens is 344 g/mol. The second kappa shape index (κ2) is 8.25. The Balaban J connectivity index is 1.71. The van der Waals surface area contributed by atoms with Crippen LogP contribution >= 0.6 is 0 Å². The minimum absolute atomic E-state index is 0.0299. The largest absolute Gasteiger partial charge is 0.481 e. The molecule has 0 aromatic carbocycles. The summed E-state index contributed by atoms with van der Waals surface area (Å²) in [4.78, 5) is 33.6. The molecule has 27 heavy (non-hydrogen) atoms. The van der Waals surface area contributed by atoms with Gasteiger partial charge < -0.3 is 19.9 Å². The number of hydrogen-bond acceptors (Lipinski definition) is 5. The summed E-state index contributed by atoms with van der Waals surface area (Å²) in [5.74, 6) is 0.509. The highest BCUT2D eigenvalue weighted by Gasteiger charge is 2.35. The Morgan fingerprint density at radius 3 is 2.74 bits per heavy atom. The van der Waals surface area contributed by atoms with Crippen LogP contribution in [0.15, 0.2) is 6.07 Å². The lowest BCUT2D eigenvalue weighted by Crippen LogP contribution is -2.33. The van der Waals surface area contributed by atoms with E-state index in [1.807, 2.05) is 36.9 Å². The van der Waals surface area contributed by atoms with Crippen molar-refractivity contribution in [3.8, 4) is 5.88 Å². The van der Waals surface area contributed by atoms with Crippen molar-refractivity contribution in [2.75, 3.05) is 21.2 Å². The topological polar surface area (TPSA) is 74.8 Å². The zero-order valence-electron chi connectivity index (χ0n) is 16.7. The van der Waals surface area contributed by atoms with Crippen molar-refractivity contribution in [2.24, 2.45) is 0 Å². The molecule has 0 saturated heterocycles. The standard InChI is InChI=1S/C20H30N4O3/c1-13(23(2)3)9-18(25)21-11-14-10-16-17(22-19(14)27-4)12-24(20(16)26)15-7-5-6-8-15/h10,13,15H,5-9,11-12H2,1-4H3,(H,21,25)/t13-/m0/s1. The van der Waals surface area contributed by atoms with Gasteiger partial charge in [-0.1, -0.05) is 12.8 Å². The second-order valence-corrected chi connectivity index (χ2v) is 7.82. The van der Waals surface area contributed by atoms with Crippen LogP contribution in [-0.2, 0) is 17.9 Å². The summed E-state index contributed by atoms with van der Waals surface area (Å²) >= 11 is 0. The van der Waals surface area contributed by atoms with E-state index in [0.29, 0.717) is 37.0 Å². The molecule has 1 N–H and O–H groups in total. The van der Waals surface area contributed by atoms with Gasteiger partial charge in [0.2, 0.25) is 11.8 Å². The van der Waals surface area contributed by atoms with E-state index in [1.165, 1.54) is 12.8 Å². The van der Waals surface area contributed by atoms with E-state index >= 15 is 0 Å². The quantitative estimate of drug-likeness (QED) is 0.790. The molecule has 2 amide bonds. The van der Waals surface area contributed by atoms with Crippen LogP contribution < -0.4 is 10.1 Å². The first kappa shape index (κ1) is 19.6. The van der Waals surface area contributed by atoms with Crippen molar-refractivity contribution < 1.29 is 14.3 Å². The average molecular weight is 374 g/mol. The maximum Gasteiger partial charge on any atom is 0.256 e. The highest BCUT2D eigenvalue weighted by atomic mass is 16.5. The zero-order valence-corrected chi connectivity index (χ0v) is 16.7. The highest BCUT2D eigenvalue weighted by molar-refractivity contribution is 5.98. The van der Waals surface area contributed by atoms with Crippen molar-refractivity contribution in [3.05, 3.63) is 22.9 Å². The van der Waals surface area contributed by atoms with E-state index in [2.05, 4.69) is 10.3 Å². The van der Waals surface area contributed by atoms with E-state index < -0.39 is 0 Å². The lowest BCUT2D eigenvalue weighted by atomic mass is 10.1. The number of hydrogen-bond donors (Lipinski definition) is 1. The van der Waals surface area contributed by atoms with E-state index in [1.54, 1.807) is 7.11 Å². The predicted molar refractivity (Wildman–Crippen MR) is 103 cm³/mol. The van der Waals surface area contributed by atoms with Crippen LogP contribution in [0.4, 0.5) is 0 Å². The van der Waals surface area contributed by atoms with E-state index in [9.17, 15) is 9.59 Å². The number of aromatic nitrogens is 1. The molecule has 2 heterocycles. The molecule has 1 aromatic heterocycles. The Bertz CT molecular complexity index is 713. The fraction of sp³-hybridized carbons (Fsp3) is 0.650. The molecule has 1 fully saturated rings. The predicted octanol–water partition coefficient (Wildman–Crippen LogP) is 1.94. The highest BCUT2D eigenvalue weighted by Crippen LogP contribution is 2.33. The van der Waals surface area contributed by atoms with Crippen molar-refractivity contribution >= 4 is 11.8 Å². The summed E-state index contributed by atoms with van der Waals surface area (Å²) in [6.45, 7) is 2.87.